The van der Waals surface area contributed by atoms with Crippen molar-refractivity contribution in [3.8, 4) is 11.4 Å². The third-order valence-electron chi connectivity index (χ3n) is 4.54. The molecular formula is C19H20N6O. The molecule has 0 spiro atoms. The topological polar surface area (TPSA) is 86.8 Å². The molecule has 1 fully saturated rings. The third-order valence-corrected chi connectivity index (χ3v) is 4.54. The number of likely N-dealkylation sites (tertiary alicyclic amines) is 1. The van der Waals surface area contributed by atoms with Crippen molar-refractivity contribution < 1.29 is 4.79 Å². The van der Waals surface area contributed by atoms with E-state index in [4.69, 9.17) is 0 Å². The van der Waals surface area contributed by atoms with E-state index in [1.165, 1.54) is 0 Å². The van der Waals surface area contributed by atoms with Crippen LogP contribution >= 0.6 is 0 Å². The summed E-state index contributed by atoms with van der Waals surface area (Å²) in [6.45, 7) is 1.23. The van der Waals surface area contributed by atoms with Gasteiger partial charge in [-0.25, -0.2) is 9.78 Å². The minimum absolute atomic E-state index is 0.0734. The number of urea groups is 1. The highest BCUT2D eigenvalue weighted by Gasteiger charge is 2.32. The zero-order valence-corrected chi connectivity index (χ0v) is 14.3. The molecule has 3 aromatic rings. The molecule has 1 aliphatic heterocycles. The summed E-state index contributed by atoms with van der Waals surface area (Å²) < 4.78 is 0. The SMILES string of the molecule is O=C(NCc1ccccc1)N1CCC[C@@H]1c1nc(-c2cccnc2)n[nH]1. The number of pyridine rings is 1. The lowest BCUT2D eigenvalue weighted by molar-refractivity contribution is 0.190. The maximum Gasteiger partial charge on any atom is 0.318 e. The number of hydrogen-bond donors (Lipinski definition) is 2. The Morgan fingerprint density at radius 3 is 2.92 bits per heavy atom. The van der Waals surface area contributed by atoms with E-state index in [-0.39, 0.29) is 12.1 Å². The van der Waals surface area contributed by atoms with Crippen LogP contribution in [0.3, 0.4) is 0 Å². The van der Waals surface area contributed by atoms with Gasteiger partial charge >= 0.3 is 6.03 Å². The molecule has 132 valence electrons. The molecule has 0 bridgehead atoms. The number of hydrogen-bond acceptors (Lipinski definition) is 4. The van der Waals surface area contributed by atoms with E-state index < -0.39 is 0 Å². The zero-order valence-electron chi connectivity index (χ0n) is 14.3. The number of rotatable bonds is 4. The second kappa shape index (κ2) is 7.35. The summed E-state index contributed by atoms with van der Waals surface area (Å²) >= 11 is 0. The minimum atomic E-state index is -0.0799. The van der Waals surface area contributed by atoms with E-state index in [2.05, 4.69) is 25.5 Å². The molecule has 2 aromatic heterocycles. The van der Waals surface area contributed by atoms with Crippen LogP contribution in [-0.4, -0.2) is 37.6 Å². The van der Waals surface area contributed by atoms with Gasteiger partial charge < -0.3 is 10.2 Å². The summed E-state index contributed by atoms with van der Waals surface area (Å²) in [6, 6.07) is 13.5. The summed E-state index contributed by atoms with van der Waals surface area (Å²) in [6.07, 6.45) is 5.27. The van der Waals surface area contributed by atoms with Crippen molar-refractivity contribution in [2.45, 2.75) is 25.4 Å². The summed E-state index contributed by atoms with van der Waals surface area (Å²) in [7, 11) is 0. The van der Waals surface area contributed by atoms with Gasteiger partial charge in [-0.3, -0.25) is 10.1 Å². The maximum atomic E-state index is 12.6. The van der Waals surface area contributed by atoms with Crippen molar-refractivity contribution in [1.29, 1.82) is 0 Å². The molecular weight excluding hydrogens is 328 g/mol. The highest BCUT2D eigenvalue weighted by atomic mass is 16.2. The molecule has 7 heteroatoms. The Balaban J connectivity index is 1.45. The number of aromatic nitrogens is 4. The highest BCUT2D eigenvalue weighted by molar-refractivity contribution is 5.75. The molecule has 2 N–H and O–H groups in total. The molecule has 26 heavy (non-hydrogen) atoms. The first-order valence-electron chi connectivity index (χ1n) is 8.72. The van der Waals surface area contributed by atoms with Crippen molar-refractivity contribution in [3.05, 3.63) is 66.2 Å². The summed E-state index contributed by atoms with van der Waals surface area (Å²) in [4.78, 5) is 23.1. The molecule has 0 saturated carbocycles. The first-order valence-corrected chi connectivity index (χ1v) is 8.72. The molecule has 1 aromatic carbocycles. The van der Waals surface area contributed by atoms with E-state index in [1.807, 2.05) is 47.4 Å². The lowest BCUT2D eigenvalue weighted by atomic mass is 10.2. The molecule has 1 aliphatic rings. The van der Waals surface area contributed by atoms with Gasteiger partial charge in [0.1, 0.15) is 5.82 Å². The van der Waals surface area contributed by atoms with Crippen LogP contribution in [0.5, 0.6) is 0 Å². The van der Waals surface area contributed by atoms with Gasteiger partial charge in [-0.15, -0.1) is 0 Å². The van der Waals surface area contributed by atoms with E-state index in [0.29, 0.717) is 18.9 Å². The smallest absolute Gasteiger partial charge is 0.318 e. The molecule has 3 heterocycles. The maximum absolute atomic E-state index is 12.6. The van der Waals surface area contributed by atoms with Gasteiger partial charge in [-0.2, -0.15) is 5.10 Å². The monoisotopic (exact) mass is 348 g/mol. The number of amides is 2. The molecule has 4 rings (SSSR count). The Bertz CT molecular complexity index is 864. The largest absolute Gasteiger partial charge is 0.334 e. The van der Waals surface area contributed by atoms with E-state index in [9.17, 15) is 4.79 Å². The molecule has 0 aliphatic carbocycles. The number of benzene rings is 1. The average molecular weight is 348 g/mol. The summed E-state index contributed by atoms with van der Waals surface area (Å²) in [5.74, 6) is 1.32. The van der Waals surface area contributed by atoms with Crippen LogP contribution in [0.4, 0.5) is 4.79 Å². The lowest BCUT2D eigenvalue weighted by Crippen LogP contribution is -2.39. The quantitative estimate of drug-likeness (QED) is 0.759. The van der Waals surface area contributed by atoms with Gasteiger partial charge in [0.15, 0.2) is 5.82 Å². The Morgan fingerprint density at radius 2 is 2.12 bits per heavy atom. The standard InChI is InChI=1S/C19H20N6O/c26-19(21-12-14-6-2-1-3-7-14)25-11-5-9-16(25)18-22-17(23-24-18)15-8-4-10-20-13-15/h1-4,6-8,10,13,16H,5,9,11-12H2,(H,21,26)(H,22,23,24)/t16-/m1/s1. The van der Waals surface area contributed by atoms with Crippen LogP contribution < -0.4 is 5.32 Å². The Labute approximate surface area is 151 Å². The number of carbonyl (C=O) groups is 1. The number of nitrogens with one attached hydrogen (secondary N) is 2. The van der Waals surface area contributed by atoms with Crippen molar-refractivity contribution in [2.75, 3.05) is 6.54 Å². The molecule has 7 nitrogen and oxygen atoms in total. The molecule has 0 unspecified atom stereocenters. The predicted molar refractivity (Wildman–Crippen MR) is 97.0 cm³/mol. The van der Waals surface area contributed by atoms with Gasteiger partial charge in [0.25, 0.3) is 0 Å². The fourth-order valence-electron chi connectivity index (χ4n) is 3.22. The fraction of sp³-hybridized carbons (Fsp3) is 0.263. The molecule has 1 atom stereocenters. The van der Waals surface area contributed by atoms with Crippen LogP contribution in [0, 0.1) is 0 Å². The first kappa shape index (κ1) is 16.3. The van der Waals surface area contributed by atoms with Crippen LogP contribution in [0.2, 0.25) is 0 Å². The lowest BCUT2D eigenvalue weighted by Gasteiger charge is -2.23. The van der Waals surface area contributed by atoms with E-state index >= 15 is 0 Å². The van der Waals surface area contributed by atoms with Crippen molar-refractivity contribution >= 4 is 6.03 Å². The van der Waals surface area contributed by atoms with Gasteiger partial charge in [-0.1, -0.05) is 30.3 Å². The summed E-state index contributed by atoms with van der Waals surface area (Å²) in [5, 5.41) is 10.3. The number of nitrogens with zero attached hydrogens (tertiary/aromatic N) is 4. The van der Waals surface area contributed by atoms with Crippen LogP contribution in [0.1, 0.15) is 30.3 Å². The number of carbonyl (C=O) groups excluding carboxylic acids is 1. The predicted octanol–water partition coefficient (Wildman–Crippen LogP) is 2.91. The second-order valence-corrected chi connectivity index (χ2v) is 6.28. The number of aromatic amines is 1. The Hall–Kier alpha value is -3.22. The second-order valence-electron chi connectivity index (χ2n) is 6.28. The van der Waals surface area contributed by atoms with Crippen molar-refractivity contribution in [3.63, 3.8) is 0 Å². The van der Waals surface area contributed by atoms with Crippen LogP contribution in [0.15, 0.2) is 54.9 Å². The molecule has 1 saturated heterocycles. The summed E-state index contributed by atoms with van der Waals surface area (Å²) in [5.41, 5.74) is 1.93. The number of H-pyrrole nitrogens is 1. The Morgan fingerprint density at radius 1 is 1.23 bits per heavy atom. The van der Waals surface area contributed by atoms with E-state index in [1.54, 1.807) is 12.4 Å². The normalized spacial score (nSPS) is 16.6. The molecule has 2 amide bonds. The van der Waals surface area contributed by atoms with Gasteiger partial charge in [0, 0.05) is 31.0 Å². The van der Waals surface area contributed by atoms with Gasteiger partial charge in [-0.05, 0) is 30.5 Å². The highest BCUT2D eigenvalue weighted by Crippen LogP contribution is 2.30. The van der Waals surface area contributed by atoms with Crippen LogP contribution in [0.25, 0.3) is 11.4 Å². The third kappa shape index (κ3) is 3.42. The van der Waals surface area contributed by atoms with Crippen molar-refractivity contribution in [1.82, 2.24) is 30.4 Å². The average Bonchev–Trinajstić information content (AvgIpc) is 3.37. The van der Waals surface area contributed by atoms with Crippen molar-refractivity contribution in [2.24, 2.45) is 0 Å². The first-order chi connectivity index (χ1) is 12.8. The fourth-order valence-corrected chi connectivity index (χ4v) is 3.22. The van der Waals surface area contributed by atoms with Gasteiger partial charge in [0.05, 0.1) is 6.04 Å². The Kier molecular flexibility index (Phi) is 4.59. The minimum Gasteiger partial charge on any atom is -0.334 e. The van der Waals surface area contributed by atoms with E-state index in [0.717, 1.165) is 29.8 Å². The molecule has 0 radical (unpaired) electrons. The zero-order chi connectivity index (χ0) is 17.8. The van der Waals surface area contributed by atoms with Gasteiger partial charge in [0.2, 0.25) is 0 Å². The van der Waals surface area contributed by atoms with Crippen LogP contribution in [-0.2, 0) is 6.54 Å².